The second-order valence-corrected chi connectivity index (χ2v) is 10.8. The predicted octanol–water partition coefficient (Wildman–Crippen LogP) is 6.42. The first kappa shape index (κ1) is 23.2. The number of halogens is 1. The number of thioether (sulfide) groups is 1. The van der Waals surface area contributed by atoms with Crippen LogP contribution < -0.4 is 5.36 Å². The maximum atomic E-state index is 12.9. The van der Waals surface area contributed by atoms with Gasteiger partial charge in [-0.25, -0.2) is 0 Å². The number of nitrogens with zero attached hydrogens (tertiary/aromatic N) is 3. The molecule has 6 rings (SSSR count). The number of benzene rings is 3. The van der Waals surface area contributed by atoms with E-state index >= 15 is 0 Å². The van der Waals surface area contributed by atoms with Crippen molar-refractivity contribution in [3.63, 3.8) is 0 Å². The third-order valence-electron chi connectivity index (χ3n) is 6.96. The van der Waals surface area contributed by atoms with Gasteiger partial charge in [0.25, 0.3) is 0 Å². The van der Waals surface area contributed by atoms with Crippen LogP contribution in [-0.4, -0.2) is 39.2 Å². The average Bonchev–Trinajstić information content (AvgIpc) is 3.29. The van der Waals surface area contributed by atoms with E-state index in [1.54, 1.807) is 0 Å². The summed E-state index contributed by atoms with van der Waals surface area (Å²) in [6, 6.07) is 24.7. The zero-order valence-electron chi connectivity index (χ0n) is 20.1. The van der Waals surface area contributed by atoms with E-state index in [0.29, 0.717) is 24.5 Å². The molecule has 5 nitrogen and oxygen atoms in total. The van der Waals surface area contributed by atoms with E-state index in [2.05, 4.69) is 65.1 Å². The molecule has 182 valence electrons. The molecule has 3 aromatic carbocycles. The first-order valence-corrected chi connectivity index (χ1v) is 13.7. The summed E-state index contributed by atoms with van der Waals surface area (Å²) in [6.45, 7) is 1.33. The first-order chi connectivity index (χ1) is 17.6. The molecule has 0 spiro atoms. The van der Waals surface area contributed by atoms with Crippen LogP contribution in [0.1, 0.15) is 23.8 Å². The molecular formula is C29H27ClN4OS. The molecule has 5 aromatic rings. The van der Waals surface area contributed by atoms with Gasteiger partial charge >= 0.3 is 0 Å². The van der Waals surface area contributed by atoms with Gasteiger partial charge in [-0.2, -0.15) is 0 Å². The molecule has 3 heterocycles. The number of aromatic amines is 1. The smallest absolute Gasteiger partial charge is 0.224 e. The fourth-order valence-electron chi connectivity index (χ4n) is 5.20. The number of carbonyl (C=O) groups excluding carboxylic acids is 1. The monoisotopic (exact) mass is 514 g/mol. The SMILES string of the molecule is Cn1c2ccccc2c(=NCCCN2C(=O)CCSC2c2ccc(Cl)cc2)c2c3ccccc3[nH]c21. The molecule has 1 amide bonds. The molecule has 1 saturated heterocycles. The second-order valence-electron chi connectivity index (χ2n) is 9.17. The van der Waals surface area contributed by atoms with Crippen LogP contribution in [0.2, 0.25) is 5.02 Å². The predicted molar refractivity (Wildman–Crippen MR) is 150 cm³/mol. The topological polar surface area (TPSA) is 53.4 Å². The quantitative estimate of drug-likeness (QED) is 0.275. The third kappa shape index (κ3) is 4.08. The standard InChI is InChI=1S/C29H27ClN4OS/c1-33-24-10-5-3-8-22(24)27(26-21-7-2-4-9-23(21)32-28(26)33)31-16-6-17-34-25(35)15-18-36-29(34)19-11-13-20(30)14-12-19/h2-5,7-14,29,32H,6,15-18H2,1H3. The van der Waals surface area contributed by atoms with E-state index in [9.17, 15) is 4.79 Å². The highest BCUT2D eigenvalue weighted by molar-refractivity contribution is 7.99. The van der Waals surface area contributed by atoms with Crippen molar-refractivity contribution in [2.75, 3.05) is 18.8 Å². The van der Waals surface area contributed by atoms with Crippen molar-refractivity contribution in [3.05, 3.63) is 88.7 Å². The van der Waals surface area contributed by atoms with E-state index in [0.717, 1.165) is 50.5 Å². The molecule has 1 fully saturated rings. The summed E-state index contributed by atoms with van der Waals surface area (Å²) in [4.78, 5) is 23.6. The van der Waals surface area contributed by atoms with Crippen LogP contribution in [0.25, 0.3) is 32.8 Å². The number of para-hydroxylation sites is 2. The minimum absolute atomic E-state index is 0.0282. The lowest BCUT2D eigenvalue weighted by molar-refractivity contribution is -0.132. The summed E-state index contributed by atoms with van der Waals surface area (Å²) >= 11 is 7.91. The van der Waals surface area contributed by atoms with E-state index in [4.69, 9.17) is 16.6 Å². The number of carbonyl (C=O) groups is 1. The van der Waals surface area contributed by atoms with Crippen LogP contribution in [0.5, 0.6) is 0 Å². The number of pyridine rings is 1. The zero-order valence-corrected chi connectivity index (χ0v) is 21.6. The maximum absolute atomic E-state index is 12.9. The van der Waals surface area contributed by atoms with Gasteiger partial charge in [0.15, 0.2) is 0 Å². The number of hydrogen-bond acceptors (Lipinski definition) is 3. The van der Waals surface area contributed by atoms with E-state index in [1.165, 1.54) is 5.39 Å². The molecule has 0 aliphatic carbocycles. The molecule has 0 radical (unpaired) electrons. The molecule has 1 N–H and O–H groups in total. The van der Waals surface area contributed by atoms with Crippen molar-refractivity contribution >= 4 is 62.1 Å². The van der Waals surface area contributed by atoms with E-state index in [-0.39, 0.29) is 11.3 Å². The number of hydrogen-bond donors (Lipinski definition) is 1. The average molecular weight is 515 g/mol. The lowest BCUT2D eigenvalue weighted by Gasteiger charge is -2.35. The lowest BCUT2D eigenvalue weighted by atomic mass is 10.1. The molecule has 36 heavy (non-hydrogen) atoms. The Morgan fingerprint density at radius 1 is 1.03 bits per heavy atom. The van der Waals surface area contributed by atoms with Gasteiger partial charge in [-0.1, -0.05) is 60.1 Å². The summed E-state index contributed by atoms with van der Waals surface area (Å²) in [7, 11) is 2.10. The highest BCUT2D eigenvalue weighted by Crippen LogP contribution is 2.37. The van der Waals surface area contributed by atoms with Crippen LogP contribution in [-0.2, 0) is 11.8 Å². The summed E-state index contributed by atoms with van der Waals surface area (Å²) in [5.74, 6) is 1.06. The number of H-pyrrole nitrogens is 1. The summed E-state index contributed by atoms with van der Waals surface area (Å²) < 4.78 is 2.21. The number of aryl methyl sites for hydroxylation is 1. The Bertz CT molecular complexity index is 1650. The highest BCUT2D eigenvalue weighted by Gasteiger charge is 2.29. The summed E-state index contributed by atoms with van der Waals surface area (Å²) in [5.41, 5.74) is 4.44. The maximum Gasteiger partial charge on any atom is 0.224 e. The Kier molecular flexibility index (Phi) is 6.23. The first-order valence-electron chi connectivity index (χ1n) is 12.3. The Balaban J connectivity index is 1.34. The van der Waals surface area contributed by atoms with Gasteiger partial charge in [0.2, 0.25) is 5.91 Å². The minimum atomic E-state index is 0.0282. The van der Waals surface area contributed by atoms with Crippen molar-refractivity contribution in [2.45, 2.75) is 18.2 Å². The van der Waals surface area contributed by atoms with Gasteiger partial charge in [0, 0.05) is 53.6 Å². The second kappa shape index (κ2) is 9.68. The van der Waals surface area contributed by atoms with Gasteiger partial charge in [-0.3, -0.25) is 9.79 Å². The van der Waals surface area contributed by atoms with E-state index < -0.39 is 0 Å². The fraction of sp³-hybridized carbons (Fsp3) is 0.241. The number of nitrogens with one attached hydrogen (secondary N) is 1. The van der Waals surface area contributed by atoms with Crippen LogP contribution in [0.15, 0.2) is 77.8 Å². The van der Waals surface area contributed by atoms with Crippen LogP contribution in [0, 0.1) is 0 Å². The van der Waals surface area contributed by atoms with Crippen LogP contribution in [0.4, 0.5) is 0 Å². The molecule has 2 aromatic heterocycles. The molecule has 1 aliphatic heterocycles. The van der Waals surface area contributed by atoms with E-state index in [1.807, 2.05) is 40.9 Å². The van der Waals surface area contributed by atoms with Gasteiger partial charge < -0.3 is 14.5 Å². The van der Waals surface area contributed by atoms with Crippen LogP contribution in [0.3, 0.4) is 0 Å². The normalized spacial score (nSPS) is 17.1. The molecule has 7 heteroatoms. The van der Waals surface area contributed by atoms with Crippen molar-refractivity contribution < 1.29 is 4.79 Å². The Labute approximate surface area is 218 Å². The molecule has 0 saturated carbocycles. The zero-order chi connectivity index (χ0) is 24.6. The van der Waals surface area contributed by atoms with Crippen LogP contribution >= 0.6 is 23.4 Å². The Hall–Kier alpha value is -3.22. The highest BCUT2D eigenvalue weighted by atomic mass is 35.5. The molecule has 1 aliphatic rings. The lowest BCUT2D eigenvalue weighted by Crippen LogP contribution is -2.38. The van der Waals surface area contributed by atoms with Gasteiger partial charge in [0.05, 0.1) is 16.3 Å². The molecule has 0 bridgehead atoms. The fourth-order valence-corrected chi connectivity index (χ4v) is 6.60. The number of aromatic nitrogens is 2. The van der Waals surface area contributed by atoms with Crippen molar-refractivity contribution in [3.8, 4) is 0 Å². The molecular weight excluding hydrogens is 488 g/mol. The number of rotatable bonds is 5. The Morgan fingerprint density at radius 2 is 1.78 bits per heavy atom. The van der Waals surface area contributed by atoms with Crippen molar-refractivity contribution in [2.24, 2.45) is 12.0 Å². The number of fused-ring (bicyclic) bond motifs is 4. The summed E-state index contributed by atoms with van der Waals surface area (Å²) in [6.07, 6.45) is 1.39. The van der Waals surface area contributed by atoms with Gasteiger partial charge in [-0.05, 0) is 36.2 Å². The largest absolute Gasteiger partial charge is 0.341 e. The summed E-state index contributed by atoms with van der Waals surface area (Å²) in [5, 5.41) is 5.22. The van der Waals surface area contributed by atoms with Crippen molar-refractivity contribution in [1.82, 2.24) is 14.5 Å². The van der Waals surface area contributed by atoms with Crippen molar-refractivity contribution in [1.29, 1.82) is 0 Å². The van der Waals surface area contributed by atoms with Gasteiger partial charge in [-0.15, -0.1) is 11.8 Å². The minimum Gasteiger partial charge on any atom is -0.341 e. The van der Waals surface area contributed by atoms with Gasteiger partial charge in [0.1, 0.15) is 11.0 Å². The Morgan fingerprint density at radius 3 is 2.61 bits per heavy atom. The molecule has 1 atom stereocenters. The molecule has 1 unspecified atom stereocenters. The third-order valence-corrected chi connectivity index (χ3v) is 8.49. The number of amides is 1.